The van der Waals surface area contributed by atoms with Gasteiger partial charge in [0.25, 0.3) is 0 Å². The monoisotopic (exact) mass is 446 g/mol. The summed E-state index contributed by atoms with van der Waals surface area (Å²) in [6.07, 6.45) is 5.85. The molecule has 1 fully saturated rings. The van der Waals surface area contributed by atoms with Crippen LogP contribution >= 0.6 is 31.9 Å². The Labute approximate surface area is 153 Å². The highest BCUT2D eigenvalue weighted by Crippen LogP contribution is 2.28. The van der Waals surface area contributed by atoms with Crippen molar-refractivity contribution in [2.24, 2.45) is 0 Å². The summed E-state index contributed by atoms with van der Waals surface area (Å²) in [7, 11) is 1.60. The van der Waals surface area contributed by atoms with Gasteiger partial charge in [-0.25, -0.2) is 0 Å². The van der Waals surface area contributed by atoms with Crippen molar-refractivity contribution in [3.05, 3.63) is 57.5 Å². The first-order valence-corrected chi connectivity index (χ1v) is 8.91. The molecule has 6 heteroatoms. The standard InChI is InChI=1S/C17H20Br2O4/c1-20-12-22-14(8-5-9-16(18)19)15-10-11-21-17(23-15)13-6-3-2-4-7-13/h2-9,14-15,17H,10-12H2,1H3/b8-5-/t14-,15-,17-/m0/s1. The number of hydrogen-bond donors (Lipinski definition) is 0. The third-order valence-electron chi connectivity index (χ3n) is 3.31. The van der Waals surface area contributed by atoms with Gasteiger partial charge in [-0.05, 0) is 37.9 Å². The molecule has 0 radical (unpaired) electrons. The smallest absolute Gasteiger partial charge is 0.184 e. The zero-order chi connectivity index (χ0) is 16.5. The third kappa shape index (κ3) is 6.49. The number of benzene rings is 1. The molecule has 126 valence electrons. The van der Waals surface area contributed by atoms with Crippen molar-refractivity contribution in [2.75, 3.05) is 20.5 Å². The molecule has 0 amide bonds. The molecule has 0 unspecified atom stereocenters. The van der Waals surface area contributed by atoms with Gasteiger partial charge < -0.3 is 18.9 Å². The Morgan fingerprint density at radius 3 is 2.83 bits per heavy atom. The topological polar surface area (TPSA) is 36.9 Å². The molecular formula is C17H20Br2O4. The number of rotatable bonds is 7. The second kappa shape index (κ2) is 10.4. The van der Waals surface area contributed by atoms with Crippen LogP contribution in [-0.4, -0.2) is 32.7 Å². The highest BCUT2D eigenvalue weighted by Gasteiger charge is 2.29. The SMILES string of the molecule is COCO[C@@H](/C=C\C=C(Br)Br)[C@@H]1CCO[C@H](c2ccccc2)O1. The minimum absolute atomic E-state index is 0.0946. The zero-order valence-electron chi connectivity index (χ0n) is 12.9. The summed E-state index contributed by atoms with van der Waals surface area (Å²) >= 11 is 6.65. The van der Waals surface area contributed by atoms with Crippen LogP contribution in [0.25, 0.3) is 0 Å². The van der Waals surface area contributed by atoms with Gasteiger partial charge >= 0.3 is 0 Å². The maximum Gasteiger partial charge on any atom is 0.184 e. The fourth-order valence-electron chi connectivity index (χ4n) is 2.26. The molecule has 3 atom stereocenters. The first-order chi connectivity index (χ1) is 11.2. The summed E-state index contributed by atoms with van der Waals surface area (Å²) in [5.74, 6) is 0. The van der Waals surface area contributed by atoms with E-state index >= 15 is 0 Å². The van der Waals surface area contributed by atoms with E-state index in [1.165, 1.54) is 0 Å². The summed E-state index contributed by atoms with van der Waals surface area (Å²) in [6, 6.07) is 9.92. The Kier molecular flexibility index (Phi) is 8.50. The fourth-order valence-corrected chi connectivity index (χ4v) is 2.56. The average Bonchev–Trinajstić information content (AvgIpc) is 2.58. The van der Waals surface area contributed by atoms with E-state index < -0.39 is 0 Å². The van der Waals surface area contributed by atoms with Crippen molar-refractivity contribution in [2.45, 2.75) is 24.9 Å². The molecule has 0 spiro atoms. The normalized spacial score (nSPS) is 22.9. The number of allylic oxidation sites excluding steroid dienone is 2. The predicted molar refractivity (Wildman–Crippen MR) is 96.5 cm³/mol. The second-order valence-corrected chi connectivity index (χ2v) is 7.73. The highest BCUT2D eigenvalue weighted by molar-refractivity contribution is 9.28. The lowest BCUT2D eigenvalue weighted by Crippen LogP contribution is -2.37. The molecule has 2 rings (SSSR count). The molecule has 0 N–H and O–H groups in total. The van der Waals surface area contributed by atoms with Crippen LogP contribution < -0.4 is 0 Å². The summed E-state index contributed by atoms with van der Waals surface area (Å²) in [5, 5.41) is 0. The summed E-state index contributed by atoms with van der Waals surface area (Å²) in [5.41, 5.74) is 1.01. The van der Waals surface area contributed by atoms with E-state index in [2.05, 4.69) is 31.9 Å². The fraction of sp³-hybridized carbons (Fsp3) is 0.412. The molecular weight excluding hydrogens is 428 g/mol. The molecule has 0 bridgehead atoms. The van der Waals surface area contributed by atoms with Gasteiger partial charge in [-0.3, -0.25) is 0 Å². The maximum absolute atomic E-state index is 6.09. The number of halogens is 2. The van der Waals surface area contributed by atoms with E-state index in [0.717, 1.165) is 15.4 Å². The molecule has 4 nitrogen and oxygen atoms in total. The Morgan fingerprint density at radius 1 is 1.35 bits per heavy atom. The number of methoxy groups -OCH3 is 1. The largest absolute Gasteiger partial charge is 0.359 e. The molecule has 1 aromatic carbocycles. The van der Waals surface area contributed by atoms with Crippen molar-refractivity contribution in [3.8, 4) is 0 Å². The van der Waals surface area contributed by atoms with Gasteiger partial charge in [0.05, 0.1) is 16.1 Å². The number of ether oxygens (including phenoxy) is 4. The van der Waals surface area contributed by atoms with Gasteiger partial charge in [0.1, 0.15) is 12.9 Å². The van der Waals surface area contributed by atoms with Gasteiger partial charge in [-0.15, -0.1) is 0 Å². The maximum atomic E-state index is 6.09. The van der Waals surface area contributed by atoms with Crippen LogP contribution in [0.3, 0.4) is 0 Å². The van der Waals surface area contributed by atoms with E-state index in [0.29, 0.717) is 6.61 Å². The summed E-state index contributed by atoms with van der Waals surface area (Å²) < 4.78 is 23.5. The third-order valence-corrected chi connectivity index (χ3v) is 3.84. The first kappa shape index (κ1) is 18.8. The predicted octanol–water partition coefficient (Wildman–Crippen LogP) is 4.67. The van der Waals surface area contributed by atoms with Crippen molar-refractivity contribution in [3.63, 3.8) is 0 Å². The van der Waals surface area contributed by atoms with E-state index in [1.807, 2.05) is 48.6 Å². The van der Waals surface area contributed by atoms with E-state index in [-0.39, 0.29) is 25.3 Å². The molecule has 1 aromatic rings. The van der Waals surface area contributed by atoms with Gasteiger partial charge in [0, 0.05) is 19.1 Å². The highest BCUT2D eigenvalue weighted by atomic mass is 79.9. The molecule has 0 saturated carbocycles. The average molecular weight is 448 g/mol. The van der Waals surface area contributed by atoms with Gasteiger partial charge in [-0.2, -0.15) is 0 Å². The molecule has 1 saturated heterocycles. The quantitative estimate of drug-likeness (QED) is 0.449. The molecule has 0 aliphatic carbocycles. The van der Waals surface area contributed by atoms with Crippen LogP contribution in [0.4, 0.5) is 0 Å². The minimum Gasteiger partial charge on any atom is -0.359 e. The Bertz CT molecular complexity index is 515. The van der Waals surface area contributed by atoms with E-state index in [1.54, 1.807) is 7.11 Å². The van der Waals surface area contributed by atoms with Crippen molar-refractivity contribution in [1.29, 1.82) is 0 Å². The Morgan fingerprint density at radius 2 is 2.13 bits per heavy atom. The summed E-state index contributed by atoms with van der Waals surface area (Å²) in [4.78, 5) is 0. The van der Waals surface area contributed by atoms with Crippen LogP contribution in [-0.2, 0) is 18.9 Å². The van der Waals surface area contributed by atoms with Crippen LogP contribution in [0.2, 0.25) is 0 Å². The second-order valence-electron chi connectivity index (χ2n) is 4.96. The Balaban J connectivity index is 2.04. The zero-order valence-corrected chi connectivity index (χ0v) is 16.0. The summed E-state index contributed by atoms with van der Waals surface area (Å²) in [6.45, 7) is 0.841. The lowest BCUT2D eigenvalue weighted by atomic mass is 10.1. The molecule has 1 aliphatic rings. The van der Waals surface area contributed by atoms with Crippen LogP contribution in [0.15, 0.2) is 52.0 Å². The van der Waals surface area contributed by atoms with Gasteiger partial charge in [-0.1, -0.05) is 42.5 Å². The number of hydrogen-bond acceptors (Lipinski definition) is 4. The van der Waals surface area contributed by atoms with Crippen molar-refractivity contribution < 1.29 is 18.9 Å². The lowest BCUT2D eigenvalue weighted by Gasteiger charge is -2.34. The van der Waals surface area contributed by atoms with E-state index in [9.17, 15) is 0 Å². The van der Waals surface area contributed by atoms with Gasteiger partial charge in [0.2, 0.25) is 0 Å². The molecule has 0 aromatic heterocycles. The van der Waals surface area contributed by atoms with Crippen molar-refractivity contribution in [1.82, 2.24) is 0 Å². The lowest BCUT2D eigenvalue weighted by molar-refractivity contribution is -0.243. The van der Waals surface area contributed by atoms with Crippen LogP contribution in [0.5, 0.6) is 0 Å². The van der Waals surface area contributed by atoms with E-state index in [4.69, 9.17) is 18.9 Å². The molecule has 1 heterocycles. The van der Waals surface area contributed by atoms with Crippen molar-refractivity contribution >= 4 is 31.9 Å². The van der Waals surface area contributed by atoms with Crippen LogP contribution in [0.1, 0.15) is 18.3 Å². The van der Waals surface area contributed by atoms with Crippen LogP contribution in [0, 0.1) is 0 Å². The first-order valence-electron chi connectivity index (χ1n) is 7.32. The van der Waals surface area contributed by atoms with Gasteiger partial charge in [0.15, 0.2) is 6.29 Å². The molecule has 23 heavy (non-hydrogen) atoms. The Hall–Kier alpha value is -0.500. The molecule has 1 aliphatic heterocycles. The minimum atomic E-state index is -0.365.